The van der Waals surface area contributed by atoms with Gasteiger partial charge in [-0.2, -0.15) is 0 Å². The molecule has 1 atom stereocenters. The number of halogens is 3. The van der Waals surface area contributed by atoms with Crippen molar-refractivity contribution in [3.05, 3.63) is 34.1 Å². The molecule has 5 heteroatoms. The summed E-state index contributed by atoms with van der Waals surface area (Å²) >= 11 is 6.36. The molecular weight excluding hydrogens is 329 g/mol. The summed E-state index contributed by atoms with van der Waals surface area (Å²) in [6, 6.07) is 4.33. The Morgan fingerprint density at radius 2 is 2.27 bits per heavy atom. The molecule has 0 saturated carbocycles. The van der Waals surface area contributed by atoms with Crippen LogP contribution in [-0.4, -0.2) is 17.3 Å². The number of alkyl halides is 1. The summed E-state index contributed by atoms with van der Waals surface area (Å²) in [6.45, 7) is 1.84. The minimum Gasteiger partial charge on any atom is -0.349 e. The Labute approximate surface area is 105 Å². The fourth-order valence-corrected chi connectivity index (χ4v) is 1.51. The van der Waals surface area contributed by atoms with Crippen molar-refractivity contribution in [2.45, 2.75) is 13.0 Å². The van der Waals surface area contributed by atoms with Crippen LogP contribution in [0.15, 0.2) is 22.7 Å². The van der Waals surface area contributed by atoms with Crippen molar-refractivity contribution >= 4 is 37.8 Å². The van der Waals surface area contributed by atoms with Gasteiger partial charge in [0.15, 0.2) is 0 Å². The van der Waals surface area contributed by atoms with Crippen LogP contribution in [0.5, 0.6) is 0 Å². The van der Waals surface area contributed by atoms with Crippen molar-refractivity contribution in [3.8, 4) is 0 Å². The maximum Gasteiger partial charge on any atom is 0.254 e. The Kier molecular flexibility index (Phi) is 4.73. The Morgan fingerprint density at radius 1 is 1.60 bits per heavy atom. The van der Waals surface area contributed by atoms with Crippen LogP contribution in [0.4, 0.5) is 4.39 Å². The molecule has 0 aliphatic heterocycles. The van der Waals surface area contributed by atoms with Gasteiger partial charge in [-0.3, -0.25) is 4.79 Å². The molecule has 1 rings (SSSR count). The summed E-state index contributed by atoms with van der Waals surface area (Å²) in [5.41, 5.74) is 0.0611. The minimum absolute atomic E-state index is 0.0273. The maximum absolute atomic E-state index is 13.4. The van der Waals surface area contributed by atoms with Gasteiger partial charge in [0, 0.05) is 15.8 Å². The minimum atomic E-state index is -0.524. The Morgan fingerprint density at radius 3 is 2.80 bits per heavy atom. The maximum atomic E-state index is 13.4. The SMILES string of the molecule is CC(CBr)NC(=O)c1ccc(Br)cc1F. The highest BCUT2D eigenvalue weighted by Crippen LogP contribution is 2.15. The molecule has 15 heavy (non-hydrogen) atoms. The highest BCUT2D eigenvalue weighted by molar-refractivity contribution is 9.10. The molecule has 1 aromatic rings. The second kappa shape index (κ2) is 5.61. The molecule has 1 aromatic carbocycles. The third kappa shape index (κ3) is 3.57. The van der Waals surface area contributed by atoms with Gasteiger partial charge in [-0.1, -0.05) is 31.9 Å². The fourth-order valence-electron chi connectivity index (χ4n) is 1.01. The molecule has 0 aromatic heterocycles. The predicted octanol–water partition coefficient (Wildman–Crippen LogP) is 3.10. The summed E-state index contributed by atoms with van der Waals surface area (Å²) in [5, 5.41) is 3.30. The van der Waals surface area contributed by atoms with Crippen LogP contribution in [0.2, 0.25) is 0 Å². The van der Waals surface area contributed by atoms with Crippen molar-refractivity contribution in [2.75, 3.05) is 5.33 Å². The molecule has 82 valence electrons. The Balaban J connectivity index is 2.82. The van der Waals surface area contributed by atoms with Crippen LogP contribution in [0.25, 0.3) is 0 Å². The van der Waals surface area contributed by atoms with E-state index in [2.05, 4.69) is 37.2 Å². The quantitative estimate of drug-likeness (QED) is 0.843. The fraction of sp³-hybridized carbons (Fsp3) is 0.300. The van der Waals surface area contributed by atoms with E-state index in [-0.39, 0.29) is 11.6 Å². The standard InChI is InChI=1S/C10H10Br2FNO/c1-6(5-11)14-10(15)8-3-2-7(12)4-9(8)13/h2-4,6H,5H2,1H3,(H,14,15). The van der Waals surface area contributed by atoms with E-state index in [0.717, 1.165) is 0 Å². The van der Waals surface area contributed by atoms with E-state index in [4.69, 9.17) is 0 Å². The second-order valence-corrected chi connectivity index (χ2v) is 4.72. The lowest BCUT2D eigenvalue weighted by Gasteiger charge is -2.11. The molecule has 0 saturated heterocycles. The van der Waals surface area contributed by atoms with E-state index in [1.807, 2.05) is 6.92 Å². The topological polar surface area (TPSA) is 29.1 Å². The third-order valence-corrected chi connectivity index (χ3v) is 3.25. The first-order valence-corrected chi connectivity index (χ1v) is 6.28. The van der Waals surface area contributed by atoms with E-state index in [0.29, 0.717) is 9.80 Å². The first-order valence-electron chi connectivity index (χ1n) is 4.36. The summed E-state index contributed by atoms with van der Waals surface area (Å²) in [5.74, 6) is -0.921. The summed E-state index contributed by atoms with van der Waals surface area (Å²) in [6.07, 6.45) is 0. The molecule has 0 fully saturated rings. The summed E-state index contributed by atoms with van der Waals surface area (Å²) < 4.78 is 14.0. The lowest BCUT2D eigenvalue weighted by atomic mass is 10.2. The van der Waals surface area contributed by atoms with Crippen molar-refractivity contribution in [1.29, 1.82) is 0 Å². The highest BCUT2D eigenvalue weighted by atomic mass is 79.9. The number of carbonyl (C=O) groups excluding carboxylic acids is 1. The monoisotopic (exact) mass is 337 g/mol. The zero-order valence-corrected chi connectivity index (χ0v) is 11.2. The largest absolute Gasteiger partial charge is 0.349 e. The molecule has 1 amide bonds. The van der Waals surface area contributed by atoms with Gasteiger partial charge in [0.1, 0.15) is 5.82 Å². The number of nitrogens with one attached hydrogen (secondary N) is 1. The van der Waals surface area contributed by atoms with Gasteiger partial charge in [-0.15, -0.1) is 0 Å². The average molecular weight is 339 g/mol. The summed E-state index contributed by atoms with van der Waals surface area (Å²) in [7, 11) is 0. The number of hydrogen-bond donors (Lipinski definition) is 1. The summed E-state index contributed by atoms with van der Waals surface area (Å²) in [4.78, 5) is 11.6. The van der Waals surface area contributed by atoms with E-state index in [9.17, 15) is 9.18 Å². The second-order valence-electron chi connectivity index (χ2n) is 3.15. The van der Waals surface area contributed by atoms with Crippen LogP contribution in [-0.2, 0) is 0 Å². The van der Waals surface area contributed by atoms with Crippen LogP contribution in [0, 0.1) is 5.82 Å². The van der Waals surface area contributed by atoms with E-state index < -0.39 is 11.7 Å². The van der Waals surface area contributed by atoms with E-state index >= 15 is 0 Å². The molecule has 2 nitrogen and oxygen atoms in total. The smallest absolute Gasteiger partial charge is 0.254 e. The number of rotatable bonds is 3. The van der Waals surface area contributed by atoms with Crippen molar-refractivity contribution < 1.29 is 9.18 Å². The molecular formula is C10H10Br2FNO. The van der Waals surface area contributed by atoms with Crippen molar-refractivity contribution in [2.24, 2.45) is 0 Å². The predicted molar refractivity (Wildman–Crippen MR) is 64.8 cm³/mol. The lowest BCUT2D eigenvalue weighted by Crippen LogP contribution is -2.34. The molecule has 0 spiro atoms. The molecule has 0 radical (unpaired) electrons. The number of amides is 1. The van der Waals surface area contributed by atoms with E-state index in [1.54, 1.807) is 6.07 Å². The van der Waals surface area contributed by atoms with E-state index in [1.165, 1.54) is 12.1 Å². The normalized spacial score (nSPS) is 12.3. The molecule has 0 aliphatic rings. The molecule has 0 bridgehead atoms. The molecule has 0 heterocycles. The van der Waals surface area contributed by atoms with Gasteiger partial charge in [0.2, 0.25) is 0 Å². The molecule has 0 aliphatic carbocycles. The zero-order chi connectivity index (χ0) is 11.4. The number of carbonyl (C=O) groups is 1. The van der Waals surface area contributed by atoms with Gasteiger partial charge in [0.25, 0.3) is 5.91 Å². The van der Waals surface area contributed by atoms with Crippen LogP contribution < -0.4 is 5.32 Å². The number of benzene rings is 1. The van der Waals surface area contributed by atoms with Crippen molar-refractivity contribution in [3.63, 3.8) is 0 Å². The number of hydrogen-bond acceptors (Lipinski definition) is 1. The highest BCUT2D eigenvalue weighted by Gasteiger charge is 2.13. The molecule has 1 N–H and O–H groups in total. The van der Waals surface area contributed by atoms with Gasteiger partial charge in [-0.25, -0.2) is 4.39 Å². The molecule has 1 unspecified atom stereocenters. The van der Waals surface area contributed by atoms with Gasteiger partial charge in [0.05, 0.1) is 5.56 Å². The van der Waals surface area contributed by atoms with Gasteiger partial charge >= 0.3 is 0 Å². The first-order chi connectivity index (χ1) is 7.04. The third-order valence-electron chi connectivity index (χ3n) is 1.78. The van der Waals surface area contributed by atoms with Crippen molar-refractivity contribution in [1.82, 2.24) is 5.32 Å². The van der Waals surface area contributed by atoms with Crippen LogP contribution in [0.1, 0.15) is 17.3 Å². The van der Waals surface area contributed by atoms with Gasteiger partial charge in [-0.05, 0) is 25.1 Å². The van der Waals surface area contributed by atoms with Gasteiger partial charge < -0.3 is 5.32 Å². The Bertz CT molecular complexity index is 370. The lowest BCUT2D eigenvalue weighted by molar-refractivity contribution is 0.0940. The Hall–Kier alpha value is -0.420. The van der Waals surface area contributed by atoms with Crippen LogP contribution in [0.3, 0.4) is 0 Å². The van der Waals surface area contributed by atoms with Crippen LogP contribution >= 0.6 is 31.9 Å². The first kappa shape index (κ1) is 12.6. The zero-order valence-electron chi connectivity index (χ0n) is 8.06. The average Bonchev–Trinajstić information content (AvgIpc) is 2.17.